The predicted molar refractivity (Wildman–Crippen MR) is 45.6 cm³/mol. The molecule has 0 bridgehead atoms. The third-order valence-electron chi connectivity index (χ3n) is 1.54. The number of benzene rings is 1. The van der Waals surface area contributed by atoms with Gasteiger partial charge >= 0.3 is 0 Å². The molecule has 0 spiro atoms. The lowest BCUT2D eigenvalue weighted by atomic mass is 10.2. The Morgan fingerprint density at radius 2 is 2.18 bits per heavy atom. The lowest BCUT2D eigenvalue weighted by Gasteiger charge is -1.95. The van der Waals surface area contributed by atoms with Gasteiger partial charge in [0.15, 0.2) is 0 Å². The fraction of sp³-hybridized carbons (Fsp3) is 0. The van der Waals surface area contributed by atoms with Crippen LogP contribution in [0.25, 0.3) is 10.9 Å². The fourth-order valence-corrected chi connectivity index (χ4v) is 1.25. The smallest absolute Gasteiger partial charge is 0.0894 e. The van der Waals surface area contributed by atoms with Crippen LogP contribution in [0.15, 0.2) is 30.3 Å². The summed E-state index contributed by atoms with van der Waals surface area (Å²) in [5, 5.41) is 1.72. The van der Waals surface area contributed by atoms with Crippen molar-refractivity contribution in [3.8, 4) is 0 Å². The van der Waals surface area contributed by atoms with E-state index in [1.807, 2.05) is 24.3 Å². The molecule has 2 heteroatoms. The minimum atomic E-state index is 0.740. The fourth-order valence-electron chi connectivity index (χ4n) is 1.02. The Labute approximate surface area is 69.6 Å². The summed E-state index contributed by atoms with van der Waals surface area (Å²) in [6.07, 6.45) is 2.75. The van der Waals surface area contributed by atoms with Crippen molar-refractivity contribution >= 4 is 22.5 Å². The number of hydrogen-bond donors (Lipinski definition) is 0. The minimum absolute atomic E-state index is 0.740. The highest BCUT2D eigenvalue weighted by Gasteiger charge is 1.95. The summed E-state index contributed by atoms with van der Waals surface area (Å²) >= 11 is 5.90. The van der Waals surface area contributed by atoms with E-state index in [1.165, 1.54) is 0 Å². The zero-order valence-corrected chi connectivity index (χ0v) is 6.47. The van der Waals surface area contributed by atoms with Gasteiger partial charge < -0.3 is 0 Å². The molecule has 53 valence electrons. The molecule has 2 rings (SSSR count). The Morgan fingerprint density at radius 3 is 3.00 bits per heavy atom. The third-order valence-corrected chi connectivity index (χ3v) is 1.87. The van der Waals surface area contributed by atoms with Crippen LogP contribution in [-0.2, 0) is 0 Å². The van der Waals surface area contributed by atoms with E-state index in [-0.39, 0.29) is 0 Å². The molecule has 2 aromatic rings. The molecule has 0 amide bonds. The summed E-state index contributed by atoms with van der Waals surface area (Å²) in [7, 11) is 0. The van der Waals surface area contributed by atoms with E-state index < -0.39 is 0 Å². The summed E-state index contributed by atoms with van der Waals surface area (Å²) < 4.78 is 0. The van der Waals surface area contributed by atoms with E-state index in [0.29, 0.717) is 0 Å². The highest BCUT2D eigenvalue weighted by atomic mass is 35.5. The van der Waals surface area contributed by atoms with Crippen LogP contribution in [0, 0.1) is 6.20 Å². The first-order chi connectivity index (χ1) is 5.38. The molecule has 1 aromatic heterocycles. The molecule has 0 aliphatic carbocycles. The number of hydrogen-bond acceptors (Lipinski definition) is 1. The molecule has 1 nitrogen and oxygen atoms in total. The average molecular weight is 163 g/mol. The van der Waals surface area contributed by atoms with Crippen molar-refractivity contribution in [2.45, 2.75) is 0 Å². The number of aromatic nitrogens is 1. The van der Waals surface area contributed by atoms with E-state index in [9.17, 15) is 0 Å². The zero-order valence-electron chi connectivity index (χ0n) is 5.71. The van der Waals surface area contributed by atoms with Crippen molar-refractivity contribution in [3.05, 3.63) is 41.6 Å². The molecule has 1 radical (unpaired) electrons. The summed E-state index contributed by atoms with van der Waals surface area (Å²) in [5.74, 6) is 0. The van der Waals surface area contributed by atoms with Gasteiger partial charge in [0.05, 0.1) is 11.7 Å². The van der Waals surface area contributed by atoms with Gasteiger partial charge in [0.2, 0.25) is 0 Å². The van der Waals surface area contributed by atoms with Gasteiger partial charge in [-0.3, -0.25) is 0 Å². The quantitative estimate of drug-likeness (QED) is 0.581. The Hall–Kier alpha value is -1.08. The van der Waals surface area contributed by atoms with Crippen LogP contribution in [0.3, 0.4) is 0 Å². The Bertz CT molecular complexity index is 379. The second kappa shape index (κ2) is 2.51. The van der Waals surface area contributed by atoms with Crippen molar-refractivity contribution < 1.29 is 0 Å². The highest BCUT2D eigenvalue weighted by molar-refractivity contribution is 6.35. The van der Waals surface area contributed by atoms with Crippen molar-refractivity contribution in [2.75, 3.05) is 0 Å². The van der Waals surface area contributed by atoms with Gasteiger partial charge in [-0.05, 0) is 24.3 Å². The summed E-state index contributed by atoms with van der Waals surface area (Å²) in [4.78, 5) is 4.03. The van der Waals surface area contributed by atoms with Crippen molar-refractivity contribution in [1.82, 2.24) is 4.98 Å². The molecule has 0 fully saturated rings. The molecule has 0 saturated carbocycles. The maximum Gasteiger partial charge on any atom is 0.0894 e. The van der Waals surface area contributed by atoms with Crippen molar-refractivity contribution in [1.29, 1.82) is 0 Å². The highest BCUT2D eigenvalue weighted by Crippen LogP contribution is 2.20. The molecule has 0 N–H and O–H groups in total. The number of nitrogens with zero attached hydrogens (tertiary/aromatic N) is 1. The van der Waals surface area contributed by atoms with Crippen LogP contribution < -0.4 is 0 Å². The molecule has 1 aromatic carbocycles. The van der Waals surface area contributed by atoms with Gasteiger partial charge in [-0.2, -0.15) is 0 Å². The molecule has 0 saturated heterocycles. The van der Waals surface area contributed by atoms with Gasteiger partial charge in [-0.1, -0.05) is 17.7 Å². The molecule has 0 aliphatic heterocycles. The number of pyridine rings is 1. The Balaban J connectivity index is 2.91. The first-order valence-corrected chi connectivity index (χ1v) is 3.67. The van der Waals surface area contributed by atoms with Crippen LogP contribution in [0.4, 0.5) is 0 Å². The van der Waals surface area contributed by atoms with Gasteiger partial charge in [0.25, 0.3) is 0 Å². The second-order valence-corrected chi connectivity index (χ2v) is 2.65. The monoisotopic (exact) mass is 162 g/mol. The predicted octanol–water partition coefficient (Wildman–Crippen LogP) is 2.69. The number of rotatable bonds is 0. The van der Waals surface area contributed by atoms with Gasteiger partial charge in [0.1, 0.15) is 0 Å². The van der Waals surface area contributed by atoms with Crippen molar-refractivity contribution in [2.24, 2.45) is 0 Å². The summed E-state index contributed by atoms with van der Waals surface area (Å²) in [6, 6.07) is 9.31. The van der Waals surface area contributed by atoms with Crippen LogP contribution in [-0.4, -0.2) is 4.98 Å². The molecule has 1 heterocycles. The maximum absolute atomic E-state index is 5.90. The third kappa shape index (κ3) is 1.08. The summed E-state index contributed by atoms with van der Waals surface area (Å²) in [6.45, 7) is 0. The van der Waals surface area contributed by atoms with Gasteiger partial charge in [-0.15, -0.1) is 0 Å². The number of halogens is 1. The van der Waals surface area contributed by atoms with E-state index >= 15 is 0 Å². The molecular formula is C9H5ClN. The molecule has 11 heavy (non-hydrogen) atoms. The minimum Gasteiger partial charge on any atom is -0.246 e. The summed E-state index contributed by atoms with van der Waals surface area (Å²) in [5.41, 5.74) is 0.889. The largest absolute Gasteiger partial charge is 0.246 e. The first-order valence-electron chi connectivity index (χ1n) is 3.29. The standard InChI is InChI=1S/C9H5ClN/c10-8-4-1-5-9-7(8)3-2-6-11-9/h1-5H. The van der Waals surface area contributed by atoms with Crippen LogP contribution in [0.2, 0.25) is 5.02 Å². The lowest BCUT2D eigenvalue weighted by molar-refractivity contribution is 1.39. The average Bonchev–Trinajstić information content (AvgIpc) is 2.06. The Kier molecular flexibility index (Phi) is 1.51. The van der Waals surface area contributed by atoms with Crippen molar-refractivity contribution in [3.63, 3.8) is 0 Å². The van der Waals surface area contributed by atoms with Crippen LogP contribution >= 0.6 is 11.6 Å². The SMILES string of the molecule is Clc1cccc2n[c]ccc12. The van der Waals surface area contributed by atoms with Crippen LogP contribution in [0.1, 0.15) is 0 Å². The molecule has 0 unspecified atom stereocenters. The molecule has 0 aliphatic rings. The first kappa shape index (κ1) is 6.62. The van der Waals surface area contributed by atoms with E-state index in [2.05, 4.69) is 11.2 Å². The maximum atomic E-state index is 5.90. The van der Waals surface area contributed by atoms with Crippen LogP contribution in [0.5, 0.6) is 0 Å². The Morgan fingerprint density at radius 1 is 1.27 bits per heavy atom. The molecule has 0 atom stereocenters. The van der Waals surface area contributed by atoms with Gasteiger partial charge in [-0.25, -0.2) is 4.98 Å². The van der Waals surface area contributed by atoms with E-state index in [0.717, 1.165) is 15.9 Å². The van der Waals surface area contributed by atoms with Gasteiger partial charge in [0, 0.05) is 10.4 Å². The zero-order chi connectivity index (χ0) is 7.68. The second-order valence-electron chi connectivity index (χ2n) is 2.25. The topological polar surface area (TPSA) is 12.9 Å². The lowest BCUT2D eigenvalue weighted by Crippen LogP contribution is -1.76. The normalized spacial score (nSPS) is 10.3. The molecular weight excluding hydrogens is 158 g/mol. The van der Waals surface area contributed by atoms with E-state index in [1.54, 1.807) is 6.07 Å². The van der Waals surface area contributed by atoms with E-state index in [4.69, 9.17) is 11.6 Å². The number of fused-ring (bicyclic) bond motifs is 1.